The molecule has 0 spiro atoms. The largest absolute Gasteiger partial charge is 0.495 e. The lowest BCUT2D eigenvalue weighted by Crippen LogP contribution is -2.07. The number of carbonyl (C=O) groups excluding carboxylic acids is 2. The van der Waals surface area contributed by atoms with Crippen LogP contribution in [0.3, 0.4) is 0 Å². The van der Waals surface area contributed by atoms with Gasteiger partial charge in [0.2, 0.25) is 0 Å². The van der Waals surface area contributed by atoms with E-state index in [-0.39, 0.29) is 29.7 Å². The third-order valence-corrected chi connectivity index (χ3v) is 4.89. The Labute approximate surface area is 139 Å². The summed E-state index contributed by atoms with van der Waals surface area (Å²) in [6.45, 7) is 1.99. The van der Waals surface area contributed by atoms with Crippen molar-refractivity contribution < 1.29 is 23.5 Å². The Balaban J connectivity index is 2.24. The van der Waals surface area contributed by atoms with Gasteiger partial charge in [-0.3, -0.25) is 9.59 Å². The first-order valence-corrected chi connectivity index (χ1v) is 8.23. The van der Waals surface area contributed by atoms with Gasteiger partial charge in [-0.1, -0.05) is 0 Å². The van der Waals surface area contributed by atoms with Crippen molar-refractivity contribution in [1.29, 1.82) is 0 Å². The zero-order valence-electron chi connectivity index (χ0n) is 12.1. The van der Waals surface area contributed by atoms with Gasteiger partial charge in [0.25, 0.3) is 0 Å². The highest BCUT2D eigenvalue weighted by Crippen LogP contribution is 2.38. The van der Waals surface area contributed by atoms with E-state index in [1.165, 1.54) is 24.5 Å². The fourth-order valence-electron chi connectivity index (χ4n) is 1.95. The molecule has 0 amide bonds. The van der Waals surface area contributed by atoms with Gasteiger partial charge in [0.15, 0.2) is 5.78 Å². The monoisotopic (exact) mass is 388 g/mol. The Morgan fingerprint density at radius 2 is 2.05 bits per heavy atom. The Kier molecular flexibility index (Phi) is 5.52. The van der Waals surface area contributed by atoms with E-state index in [1.807, 2.05) is 0 Å². The number of rotatable bonds is 6. The van der Waals surface area contributed by atoms with Gasteiger partial charge < -0.3 is 9.47 Å². The van der Waals surface area contributed by atoms with Gasteiger partial charge in [0.05, 0.1) is 29.5 Å². The Hall–Kier alpha value is -1.47. The molecule has 0 aliphatic carbocycles. The van der Waals surface area contributed by atoms with Crippen LogP contribution in [0.2, 0.25) is 0 Å². The number of hydrogen-bond acceptors (Lipinski definition) is 5. The van der Waals surface area contributed by atoms with Crippen molar-refractivity contribution in [2.45, 2.75) is 19.8 Å². The average Bonchev–Trinajstić information content (AvgIpc) is 2.93. The summed E-state index contributed by atoms with van der Waals surface area (Å²) in [4.78, 5) is 23.8. The second kappa shape index (κ2) is 7.19. The van der Waals surface area contributed by atoms with E-state index in [9.17, 15) is 14.0 Å². The lowest BCUT2D eigenvalue weighted by atomic mass is 10.1. The third kappa shape index (κ3) is 3.47. The van der Waals surface area contributed by atoms with Crippen LogP contribution in [0.4, 0.5) is 4.39 Å². The number of esters is 1. The number of methoxy groups -OCH3 is 1. The molecule has 118 valence electrons. The number of thiophene rings is 1. The third-order valence-electron chi connectivity index (χ3n) is 3.02. The topological polar surface area (TPSA) is 52.6 Å². The van der Waals surface area contributed by atoms with E-state index in [2.05, 4.69) is 15.9 Å². The van der Waals surface area contributed by atoms with E-state index < -0.39 is 11.8 Å². The van der Waals surface area contributed by atoms with Crippen molar-refractivity contribution in [3.63, 3.8) is 0 Å². The number of fused-ring (bicyclic) bond motifs is 1. The molecule has 0 aliphatic heterocycles. The van der Waals surface area contributed by atoms with Crippen LogP contribution in [0, 0.1) is 5.82 Å². The van der Waals surface area contributed by atoms with Gasteiger partial charge in [-0.2, -0.15) is 0 Å². The Morgan fingerprint density at radius 1 is 1.32 bits per heavy atom. The van der Waals surface area contributed by atoms with Crippen molar-refractivity contribution in [2.24, 2.45) is 0 Å². The molecule has 0 bridgehead atoms. The van der Waals surface area contributed by atoms with Crippen LogP contribution in [0.5, 0.6) is 5.75 Å². The Bertz CT molecular complexity index is 726. The van der Waals surface area contributed by atoms with Gasteiger partial charge in [-0.05, 0) is 35.0 Å². The van der Waals surface area contributed by atoms with Crippen LogP contribution in [-0.4, -0.2) is 25.5 Å². The molecule has 0 fully saturated rings. The highest BCUT2D eigenvalue weighted by atomic mass is 79.9. The van der Waals surface area contributed by atoms with Gasteiger partial charge in [-0.25, -0.2) is 4.39 Å². The van der Waals surface area contributed by atoms with Crippen LogP contribution in [0.15, 0.2) is 16.6 Å². The van der Waals surface area contributed by atoms with Crippen LogP contribution < -0.4 is 4.74 Å². The smallest absolute Gasteiger partial charge is 0.306 e. The first-order valence-electron chi connectivity index (χ1n) is 6.62. The molecule has 2 aromatic rings. The number of Topliss-reactive ketones (excluding diaryl/α,β-unsaturated/α-hetero) is 1. The summed E-state index contributed by atoms with van der Waals surface area (Å²) in [7, 11) is 1.45. The molecule has 4 nitrogen and oxygen atoms in total. The van der Waals surface area contributed by atoms with Crippen molar-refractivity contribution in [2.75, 3.05) is 13.7 Å². The summed E-state index contributed by atoms with van der Waals surface area (Å²) in [6, 6.07) is 3.18. The summed E-state index contributed by atoms with van der Waals surface area (Å²) >= 11 is 4.31. The van der Waals surface area contributed by atoms with E-state index in [1.54, 1.807) is 13.0 Å². The summed E-state index contributed by atoms with van der Waals surface area (Å²) in [5.74, 6) is -0.705. The second-order valence-electron chi connectivity index (χ2n) is 4.46. The average molecular weight is 389 g/mol. The normalized spacial score (nSPS) is 10.7. The van der Waals surface area contributed by atoms with Crippen molar-refractivity contribution in [3.8, 4) is 5.75 Å². The fourth-order valence-corrected chi connectivity index (χ4v) is 3.49. The predicted molar refractivity (Wildman–Crippen MR) is 86.2 cm³/mol. The lowest BCUT2D eigenvalue weighted by Gasteiger charge is -2.04. The first kappa shape index (κ1) is 16.9. The number of benzene rings is 1. The van der Waals surface area contributed by atoms with Crippen LogP contribution in [-0.2, 0) is 9.53 Å². The number of ketones is 1. The quantitative estimate of drug-likeness (QED) is 0.545. The van der Waals surface area contributed by atoms with E-state index in [0.29, 0.717) is 20.7 Å². The van der Waals surface area contributed by atoms with Crippen LogP contribution in [0.1, 0.15) is 29.4 Å². The summed E-state index contributed by atoms with van der Waals surface area (Å²) in [6.07, 6.45) is 0.0714. The second-order valence-corrected chi connectivity index (χ2v) is 6.33. The molecule has 0 aliphatic rings. The molecule has 0 saturated heterocycles. The van der Waals surface area contributed by atoms with Gasteiger partial charge in [0, 0.05) is 16.5 Å². The molecule has 0 saturated carbocycles. The van der Waals surface area contributed by atoms with Crippen LogP contribution >= 0.6 is 27.3 Å². The molecule has 1 aromatic carbocycles. The molecule has 7 heteroatoms. The van der Waals surface area contributed by atoms with Gasteiger partial charge in [-0.15, -0.1) is 11.3 Å². The highest BCUT2D eigenvalue weighted by molar-refractivity contribution is 9.10. The Morgan fingerprint density at radius 3 is 2.68 bits per heavy atom. The SMILES string of the molecule is CCOC(=O)CCC(=O)c1cc2c(F)c(Br)c(OC)cc2s1. The minimum atomic E-state index is -0.463. The molecular weight excluding hydrogens is 375 g/mol. The standard InChI is InChI=1S/C15H14BrFO4S/c1-3-21-13(19)5-4-9(18)12-6-8-11(22-12)7-10(20-2)14(16)15(8)17/h6-7H,3-5H2,1-2H3. The van der Waals surface area contributed by atoms with E-state index in [0.717, 1.165) is 0 Å². The minimum Gasteiger partial charge on any atom is -0.495 e. The maximum atomic E-state index is 14.2. The fraction of sp³-hybridized carbons (Fsp3) is 0.333. The predicted octanol–water partition coefficient (Wildman–Crippen LogP) is 4.34. The molecule has 0 atom stereocenters. The number of ether oxygens (including phenoxy) is 2. The summed E-state index contributed by atoms with van der Waals surface area (Å²) in [5.41, 5.74) is 0. The zero-order valence-corrected chi connectivity index (χ0v) is 14.5. The molecule has 1 heterocycles. The first-order chi connectivity index (χ1) is 10.5. The lowest BCUT2D eigenvalue weighted by molar-refractivity contribution is -0.143. The highest BCUT2D eigenvalue weighted by Gasteiger charge is 2.18. The number of carbonyl (C=O) groups is 2. The molecule has 1 aromatic heterocycles. The van der Waals surface area contributed by atoms with Crippen LogP contribution in [0.25, 0.3) is 10.1 Å². The van der Waals surface area contributed by atoms with E-state index in [4.69, 9.17) is 9.47 Å². The molecule has 22 heavy (non-hydrogen) atoms. The molecule has 0 N–H and O–H groups in total. The maximum absolute atomic E-state index is 14.2. The maximum Gasteiger partial charge on any atom is 0.306 e. The molecule has 0 unspecified atom stereocenters. The molecule has 2 rings (SSSR count). The van der Waals surface area contributed by atoms with E-state index >= 15 is 0 Å². The minimum absolute atomic E-state index is 0.0242. The van der Waals surface area contributed by atoms with Gasteiger partial charge in [0.1, 0.15) is 11.6 Å². The number of hydrogen-bond donors (Lipinski definition) is 0. The van der Waals surface area contributed by atoms with Crippen molar-refractivity contribution in [1.82, 2.24) is 0 Å². The summed E-state index contributed by atoms with van der Waals surface area (Å²) < 4.78 is 24.9. The summed E-state index contributed by atoms with van der Waals surface area (Å²) in [5, 5.41) is 0.358. The van der Waals surface area contributed by atoms with Crippen molar-refractivity contribution in [3.05, 3.63) is 27.3 Å². The van der Waals surface area contributed by atoms with Crippen molar-refractivity contribution >= 4 is 49.1 Å². The molecule has 0 radical (unpaired) electrons. The zero-order chi connectivity index (χ0) is 16.3. The number of halogens is 2. The molecular formula is C15H14BrFO4S. The van der Waals surface area contributed by atoms with Gasteiger partial charge >= 0.3 is 5.97 Å².